The second kappa shape index (κ2) is 4.34. The molecule has 5 heteroatoms. The molecule has 0 unspecified atom stereocenters. The van der Waals surface area contributed by atoms with E-state index in [4.69, 9.17) is 9.47 Å². The lowest BCUT2D eigenvalue weighted by Crippen LogP contribution is -2.32. The summed E-state index contributed by atoms with van der Waals surface area (Å²) in [5.41, 5.74) is 0.493. The molecule has 0 saturated carbocycles. The smallest absolute Gasteiger partial charge is 0.233 e. The average molecular weight is 247 g/mol. The lowest BCUT2D eigenvalue weighted by molar-refractivity contribution is 0.0577. The zero-order valence-electron chi connectivity index (χ0n) is 9.76. The van der Waals surface area contributed by atoms with Crippen LogP contribution >= 0.6 is 0 Å². The molecule has 0 bridgehead atoms. The van der Waals surface area contributed by atoms with Crippen LogP contribution in [0.4, 0.5) is 0 Å². The van der Waals surface area contributed by atoms with E-state index in [1.807, 2.05) is 4.90 Å². The maximum absolute atomic E-state index is 12.0. The number of nitrogens with zero attached hydrogens (tertiary/aromatic N) is 1. The van der Waals surface area contributed by atoms with Crippen molar-refractivity contribution in [3.8, 4) is 11.5 Å². The van der Waals surface area contributed by atoms with Crippen LogP contribution in [0.15, 0.2) is 30.2 Å². The first-order chi connectivity index (χ1) is 8.74. The predicted molar refractivity (Wildman–Crippen MR) is 63.5 cm³/mol. The zero-order valence-corrected chi connectivity index (χ0v) is 9.76. The summed E-state index contributed by atoms with van der Waals surface area (Å²) in [5.74, 6) is 0.669. The molecule has 2 heterocycles. The highest BCUT2D eigenvalue weighted by Crippen LogP contribution is 2.33. The second-order valence-corrected chi connectivity index (χ2v) is 4.25. The molecule has 18 heavy (non-hydrogen) atoms. The first-order valence-corrected chi connectivity index (χ1v) is 5.83. The van der Waals surface area contributed by atoms with Gasteiger partial charge in [0.1, 0.15) is 11.5 Å². The number of carbonyl (C=O) groups excluding carboxylic acids is 1. The summed E-state index contributed by atoms with van der Waals surface area (Å²) in [6.07, 6.45) is 1.72. The van der Waals surface area contributed by atoms with Gasteiger partial charge in [0, 0.05) is 25.4 Å². The van der Waals surface area contributed by atoms with Crippen LogP contribution in [0.25, 0.3) is 0 Å². The van der Waals surface area contributed by atoms with Gasteiger partial charge in [-0.15, -0.1) is 0 Å². The largest absolute Gasteiger partial charge is 0.508 e. The van der Waals surface area contributed by atoms with E-state index in [1.165, 1.54) is 12.1 Å². The molecular formula is C13H13NO4. The molecule has 0 amide bonds. The quantitative estimate of drug-likeness (QED) is 0.754. The molecule has 1 saturated heterocycles. The third-order valence-electron chi connectivity index (χ3n) is 3.00. The van der Waals surface area contributed by atoms with Crippen LogP contribution in [0.1, 0.15) is 10.4 Å². The molecule has 2 aliphatic rings. The summed E-state index contributed by atoms with van der Waals surface area (Å²) in [6.45, 7) is 2.82. The van der Waals surface area contributed by atoms with E-state index in [1.54, 1.807) is 12.3 Å². The van der Waals surface area contributed by atoms with Gasteiger partial charge in [-0.2, -0.15) is 0 Å². The molecule has 1 aromatic carbocycles. The van der Waals surface area contributed by atoms with Crippen molar-refractivity contribution in [3.63, 3.8) is 0 Å². The van der Waals surface area contributed by atoms with E-state index in [2.05, 4.69) is 0 Å². The van der Waals surface area contributed by atoms with Crippen molar-refractivity contribution >= 4 is 5.78 Å². The van der Waals surface area contributed by atoms with E-state index in [0.29, 0.717) is 30.3 Å². The van der Waals surface area contributed by atoms with Crippen LogP contribution in [0.3, 0.4) is 0 Å². The number of allylic oxidation sites excluding steroid dienone is 1. The Balaban J connectivity index is 1.85. The average Bonchev–Trinajstić information content (AvgIpc) is 2.67. The summed E-state index contributed by atoms with van der Waals surface area (Å²) in [6, 6.07) is 4.51. The van der Waals surface area contributed by atoms with Gasteiger partial charge in [-0.3, -0.25) is 4.79 Å². The fourth-order valence-corrected chi connectivity index (χ4v) is 2.04. The van der Waals surface area contributed by atoms with E-state index >= 15 is 0 Å². The number of benzene rings is 1. The SMILES string of the molecule is O=C1C(=CN2CCOCC2)Oc2cc(O)ccc21. The fraction of sp³-hybridized carbons (Fsp3) is 0.308. The minimum absolute atomic E-state index is 0.0918. The number of morpholine rings is 1. The standard InChI is InChI=1S/C13H13NO4/c15-9-1-2-10-11(7-9)18-12(13(10)16)8-14-3-5-17-6-4-14/h1-2,7-8,15H,3-6H2. The molecule has 0 atom stereocenters. The Kier molecular flexibility index (Phi) is 2.68. The molecule has 2 aliphatic heterocycles. The molecule has 1 fully saturated rings. The molecule has 1 aromatic rings. The molecule has 0 radical (unpaired) electrons. The van der Waals surface area contributed by atoms with Gasteiger partial charge in [0.05, 0.1) is 18.8 Å². The van der Waals surface area contributed by atoms with Gasteiger partial charge < -0.3 is 19.5 Å². The number of ketones is 1. The van der Waals surface area contributed by atoms with Gasteiger partial charge in [-0.1, -0.05) is 0 Å². The van der Waals surface area contributed by atoms with Crippen LogP contribution in [-0.4, -0.2) is 42.1 Å². The molecule has 1 N–H and O–H groups in total. The first-order valence-electron chi connectivity index (χ1n) is 5.83. The zero-order chi connectivity index (χ0) is 12.5. The van der Waals surface area contributed by atoms with Gasteiger partial charge in [-0.25, -0.2) is 0 Å². The maximum atomic E-state index is 12.0. The first kappa shape index (κ1) is 11.1. The van der Waals surface area contributed by atoms with E-state index in [0.717, 1.165) is 13.1 Å². The lowest BCUT2D eigenvalue weighted by atomic mass is 10.1. The van der Waals surface area contributed by atoms with Gasteiger partial charge in [0.25, 0.3) is 0 Å². The number of ether oxygens (including phenoxy) is 2. The van der Waals surface area contributed by atoms with Crippen molar-refractivity contribution in [2.45, 2.75) is 0 Å². The Morgan fingerprint density at radius 1 is 1.28 bits per heavy atom. The summed E-state index contributed by atoms with van der Waals surface area (Å²) in [5, 5.41) is 9.35. The lowest BCUT2D eigenvalue weighted by Gasteiger charge is -2.25. The van der Waals surface area contributed by atoms with Gasteiger partial charge in [0.15, 0.2) is 5.76 Å². The van der Waals surface area contributed by atoms with Gasteiger partial charge in [0.2, 0.25) is 5.78 Å². The fourth-order valence-electron chi connectivity index (χ4n) is 2.04. The molecular weight excluding hydrogens is 234 g/mol. The Hall–Kier alpha value is -2.01. The highest BCUT2D eigenvalue weighted by molar-refractivity contribution is 6.12. The minimum atomic E-state index is -0.142. The summed E-state index contributed by atoms with van der Waals surface area (Å²) < 4.78 is 10.7. The monoisotopic (exact) mass is 247 g/mol. The number of hydrogen-bond donors (Lipinski definition) is 1. The van der Waals surface area contributed by atoms with Crippen molar-refractivity contribution in [1.29, 1.82) is 0 Å². The third kappa shape index (κ3) is 1.93. The normalized spacial score (nSPS) is 21.0. The summed E-state index contributed by atoms with van der Waals surface area (Å²) in [4.78, 5) is 14.1. The molecule has 94 valence electrons. The van der Waals surface area contributed by atoms with Crippen molar-refractivity contribution in [3.05, 3.63) is 35.7 Å². The number of carbonyl (C=O) groups is 1. The van der Waals surface area contributed by atoms with Crippen LogP contribution in [0, 0.1) is 0 Å². The highest BCUT2D eigenvalue weighted by atomic mass is 16.5. The van der Waals surface area contributed by atoms with Crippen LogP contribution < -0.4 is 4.74 Å². The Morgan fingerprint density at radius 2 is 2.06 bits per heavy atom. The number of aromatic hydroxyl groups is 1. The molecule has 0 aliphatic carbocycles. The third-order valence-corrected chi connectivity index (χ3v) is 3.00. The van der Waals surface area contributed by atoms with Crippen molar-refractivity contribution < 1.29 is 19.4 Å². The Morgan fingerprint density at radius 3 is 2.83 bits per heavy atom. The van der Waals surface area contributed by atoms with Crippen molar-refractivity contribution in [1.82, 2.24) is 4.90 Å². The molecule has 0 aromatic heterocycles. The maximum Gasteiger partial charge on any atom is 0.233 e. The number of rotatable bonds is 1. The second-order valence-electron chi connectivity index (χ2n) is 4.25. The minimum Gasteiger partial charge on any atom is -0.508 e. The molecule has 5 nitrogen and oxygen atoms in total. The van der Waals surface area contributed by atoms with E-state index < -0.39 is 0 Å². The Labute approximate surface area is 104 Å². The van der Waals surface area contributed by atoms with E-state index in [-0.39, 0.29) is 11.5 Å². The summed E-state index contributed by atoms with van der Waals surface area (Å²) in [7, 11) is 0. The highest BCUT2D eigenvalue weighted by Gasteiger charge is 2.28. The number of hydrogen-bond acceptors (Lipinski definition) is 5. The summed E-state index contributed by atoms with van der Waals surface area (Å²) >= 11 is 0. The van der Waals surface area contributed by atoms with Gasteiger partial charge in [-0.05, 0) is 12.1 Å². The number of phenolic OH excluding ortho intramolecular Hbond substituents is 1. The molecule has 0 spiro atoms. The number of phenols is 1. The molecule has 3 rings (SSSR count). The van der Waals surface area contributed by atoms with Crippen molar-refractivity contribution in [2.24, 2.45) is 0 Å². The van der Waals surface area contributed by atoms with Crippen LogP contribution in [0.2, 0.25) is 0 Å². The van der Waals surface area contributed by atoms with Crippen molar-refractivity contribution in [2.75, 3.05) is 26.3 Å². The van der Waals surface area contributed by atoms with Crippen LogP contribution in [-0.2, 0) is 4.74 Å². The topological polar surface area (TPSA) is 59.0 Å². The Bertz CT molecular complexity index is 518. The van der Waals surface area contributed by atoms with Crippen LogP contribution in [0.5, 0.6) is 11.5 Å². The number of Topliss-reactive ketones (excluding diaryl/α,β-unsaturated/α-hetero) is 1. The predicted octanol–water partition coefficient (Wildman–Crippen LogP) is 1.14. The van der Waals surface area contributed by atoms with E-state index in [9.17, 15) is 9.90 Å². The number of fused-ring (bicyclic) bond motifs is 1. The van der Waals surface area contributed by atoms with Gasteiger partial charge >= 0.3 is 0 Å².